The molecule has 26 heavy (non-hydrogen) atoms. The van der Waals surface area contributed by atoms with E-state index in [4.69, 9.17) is 9.26 Å². The molecule has 0 fully saturated rings. The van der Waals surface area contributed by atoms with Crippen LogP contribution in [0.25, 0.3) is 0 Å². The van der Waals surface area contributed by atoms with E-state index in [1.807, 2.05) is 19.1 Å². The Kier molecular flexibility index (Phi) is 6.90. The molecule has 0 unspecified atom stereocenters. The molecule has 0 aliphatic rings. The molecule has 0 saturated carbocycles. The van der Waals surface area contributed by atoms with Crippen molar-refractivity contribution in [1.82, 2.24) is 5.16 Å². The molecule has 1 aromatic heterocycles. The summed E-state index contributed by atoms with van der Waals surface area (Å²) in [6.45, 7) is 3.09. The molecule has 1 aromatic carbocycles. The number of amides is 2. The third kappa shape index (κ3) is 6.32. The molecule has 138 valence electrons. The molecule has 0 bridgehead atoms. The molecular formula is C17H18BrN3O5. The van der Waals surface area contributed by atoms with Gasteiger partial charge in [0, 0.05) is 22.6 Å². The number of aryl methyl sites for hydroxylation is 2. The van der Waals surface area contributed by atoms with Gasteiger partial charge in [-0.1, -0.05) is 21.1 Å². The summed E-state index contributed by atoms with van der Waals surface area (Å²) in [7, 11) is 0. The van der Waals surface area contributed by atoms with Gasteiger partial charge in [0.15, 0.2) is 12.4 Å². The van der Waals surface area contributed by atoms with Crippen LogP contribution in [0.5, 0.6) is 0 Å². The molecule has 2 amide bonds. The van der Waals surface area contributed by atoms with Crippen LogP contribution in [0.15, 0.2) is 33.3 Å². The average molecular weight is 424 g/mol. The smallest absolute Gasteiger partial charge is 0.306 e. The van der Waals surface area contributed by atoms with E-state index in [0.717, 1.165) is 10.0 Å². The molecule has 1 heterocycles. The zero-order valence-corrected chi connectivity index (χ0v) is 15.9. The minimum atomic E-state index is -0.640. The average Bonchev–Trinajstić information content (AvgIpc) is 2.98. The van der Waals surface area contributed by atoms with Crippen LogP contribution in [-0.2, 0) is 19.1 Å². The fourth-order valence-corrected chi connectivity index (χ4v) is 2.49. The van der Waals surface area contributed by atoms with Gasteiger partial charge in [-0.05, 0) is 37.6 Å². The summed E-state index contributed by atoms with van der Waals surface area (Å²) in [6.07, 6.45) is -0.170. The molecule has 2 rings (SSSR count). The third-order valence-corrected chi connectivity index (χ3v) is 3.77. The SMILES string of the molecule is Cc1cc(NC(=O)COC(=O)CCC(=O)Nc2ccc(Br)cc2C)no1. The largest absolute Gasteiger partial charge is 0.456 e. The van der Waals surface area contributed by atoms with Crippen molar-refractivity contribution in [2.75, 3.05) is 17.2 Å². The number of esters is 1. The Labute approximate surface area is 158 Å². The second-order valence-corrected chi connectivity index (χ2v) is 6.45. The number of nitrogens with zero attached hydrogens (tertiary/aromatic N) is 1. The number of benzene rings is 1. The number of carbonyl (C=O) groups is 3. The van der Waals surface area contributed by atoms with Crippen LogP contribution < -0.4 is 10.6 Å². The number of rotatable bonds is 7. The van der Waals surface area contributed by atoms with Crippen molar-refractivity contribution >= 4 is 45.2 Å². The molecule has 0 saturated heterocycles. The van der Waals surface area contributed by atoms with Gasteiger partial charge in [0.1, 0.15) is 5.76 Å². The summed E-state index contributed by atoms with van der Waals surface area (Å²) in [5, 5.41) is 8.74. The highest BCUT2D eigenvalue weighted by Crippen LogP contribution is 2.20. The van der Waals surface area contributed by atoms with Crippen molar-refractivity contribution in [3.63, 3.8) is 0 Å². The first kappa shape index (κ1) is 19.6. The van der Waals surface area contributed by atoms with Crippen LogP contribution in [0.3, 0.4) is 0 Å². The van der Waals surface area contributed by atoms with Crippen LogP contribution in [0, 0.1) is 13.8 Å². The molecule has 2 N–H and O–H groups in total. The maximum absolute atomic E-state index is 11.9. The zero-order chi connectivity index (χ0) is 19.1. The number of nitrogens with one attached hydrogen (secondary N) is 2. The van der Waals surface area contributed by atoms with Gasteiger partial charge in [-0.15, -0.1) is 0 Å². The molecule has 0 radical (unpaired) electrons. The van der Waals surface area contributed by atoms with Crippen molar-refractivity contribution in [2.24, 2.45) is 0 Å². The Hall–Kier alpha value is -2.68. The first-order valence-electron chi connectivity index (χ1n) is 7.78. The Balaban J connectivity index is 1.69. The van der Waals surface area contributed by atoms with Gasteiger partial charge in [-0.3, -0.25) is 14.4 Å². The van der Waals surface area contributed by atoms with E-state index >= 15 is 0 Å². The van der Waals surface area contributed by atoms with Gasteiger partial charge in [-0.2, -0.15) is 0 Å². The summed E-state index contributed by atoms with van der Waals surface area (Å²) in [5.74, 6) is -0.701. The quantitative estimate of drug-likeness (QED) is 0.662. The number of carbonyl (C=O) groups excluding carboxylic acids is 3. The predicted molar refractivity (Wildman–Crippen MR) is 97.6 cm³/mol. The number of anilines is 2. The standard InChI is InChI=1S/C17H18BrN3O5/c1-10-7-12(18)3-4-13(10)19-15(22)5-6-17(24)25-9-16(23)20-14-8-11(2)26-21-14/h3-4,7-8H,5-6,9H2,1-2H3,(H,19,22)(H,20,21,23). The Morgan fingerprint density at radius 2 is 1.88 bits per heavy atom. The normalized spacial score (nSPS) is 10.3. The Morgan fingerprint density at radius 1 is 1.12 bits per heavy atom. The van der Waals surface area contributed by atoms with E-state index in [9.17, 15) is 14.4 Å². The summed E-state index contributed by atoms with van der Waals surface area (Å²) >= 11 is 3.35. The first-order chi connectivity index (χ1) is 12.3. The number of halogens is 1. The first-order valence-corrected chi connectivity index (χ1v) is 8.57. The summed E-state index contributed by atoms with van der Waals surface area (Å²) in [4.78, 5) is 35.2. The molecule has 0 spiro atoms. The highest BCUT2D eigenvalue weighted by molar-refractivity contribution is 9.10. The molecule has 8 nitrogen and oxygen atoms in total. The lowest BCUT2D eigenvalue weighted by molar-refractivity contribution is -0.147. The van der Waals surface area contributed by atoms with Gasteiger partial charge in [0.05, 0.1) is 6.42 Å². The van der Waals surface area contributed by atoms with Crippen LogP contribution in [0.2, 0.25) is 0 Å². The van der Waals surface area contributed by atoms with Crippen LogP contribution in [0.4, 0.5) is 11.5 Å². The van der Waals surface area contributed by atoms with Crippen LogP contribution in [0.1, 0.15) is 24.2 Å². The van der Waals surface area contributed by atoms with E-state index in [1.54, 1.807) is 13.0 Å². The monoisotopic (exact) mass is 423 g/mol. The van der Waals surface area contributed by atoms with Crippen LogP contribution >= 0.6 is 15.9 Å². The van der Waals surface area contributed by atoms with Crippen LogP contribution in [-0.4, -0.2) is 29.5 Å². The highest BCUT2D eigenvalue weighted by Gasteiger charge is 2.12. The minimum Gasteiger partial charge on any atom is -0.456 e. The van der Waals surface area contributed by atoms with E-state index in [1.165, 1.54) is 6.07 Å². The fourth-order valence-electron chi connectivity index (χ4n) is 2.02. The molecule has 0 aliphatic heterocycles. The van der Waals surface area contributed by atoms with Crippen molar-refractivity contribution in [2.45, 2.75) is 26.7 Å². The zero-order valence-electron chi connectivity index (χ0n) is 14.3. The van der Waals surface area contributed by atoms with Gasteiger partial charge in [0.25, 0.3) is 5.91 Å². The molecule has 0 atom stereocenters. The highest BCUT2D eigenvalue weighted by atomic mass is 79.9. The molecule has 2 aromatic rings. The number of hydrogen-bond acceptors (Lipinski definition) is 6. The second kappa shape index (κ2) is 9.14. The molecule has 9 heteroatoms. The van der Waals surface area contributed by atoms with Gasteiger partial charge < -0.3 is 19.9 Å². The molecule has 0 aliphatic carbocycles. The topological polar surface area (TPSA) is 111 Å². The van der Waals surface area contributed by atoms with E-state index in [0.29, 0.717) is 11.4 Å². The lowest BCUT2D eigenvalue weighted by atomic mass is 10.2. The van der Waals surface area contributed by atoms with Crippen molar-refractivity contribution in [3.8, 4) is 0 Å². The minimum absolute atomic E-state index is 0.0432. The predicted octanol–water partition coefficient (Wildman–Crippen LogP) is 2.95. The van der Waals surface area contributed by atoms with E-state index in [2.05, 4.69) is 31.7 Å². The summed E-state index contributed by atoms with van der Waals surface area (Å²) in [6, 6.07) is 6.99. The summed E-state index contributed by atoms with van der Waals surface area (Å²) in [5.41, 5.74) is 1.57. The Bertz CT molecular complexity index is 818. The maximum atomic E-state index is 11.9. The van der Waals surface area contributed by atoms with Gasteiger partial charge in [-0.25, -0.2) is 0 Å². The molecular weight excluding hydrogens is 406 g/mol. The van der Waals surface area contributed by atoms with E-state index < -0.39 is 18.5 Å². The lowest BCUT2D eigenvalue weighted by Crippen LogP contribution is -2.22. The maximum Gasteiger partial charge on any atom is 0.306 e. The Morgan fingerprint density at radius 3 is 2.54 bits per heavy atom. The van der Waals surface area contributed by atoms with Crippen molar-refractivity contribution in [3.05, 3.63) is 40.1 Å². The van der Waals surface area contributed by atoms with Gasteiger partial charge >= 0.3 is 5.97 Å². The van der Waals surface area contributed by atoms with Crippen molar-refractivity contribution < 1.29 is 23.6 Å². The van der Waals surface area contributed by atoms with Gasteiger partial charge in [0.2, 0.25) is 5.91 Å². The lowest BCUT2D eigenvalue weighted by Gasteiger charge is -2.09. The fraction of sp³-hybridized carbons (Fsp3) is 0.294. The summed E-state index contributed by atoms with van der Waals surface area (Å²) < 4.78 is 10.5. The van der Waals surface area contributed by atoms with Crippen molar-refractivity contribution in [1.29, 1.82) is 0 Å². The number of aromatic nitrogens is 1. The third-order valence-electron chi connectivity index (χ3n) is 3.28. The number of hydrogen-bond donors (Lipinski definition) is 2. The number of ether oxygens (including phenoxy) is 1. The van der Waals surface area contributed by atoms with E-state index in [-0.39, 0.29) is 24.6 Å². The second-order valence-electron chi connectivity index (χ2n) is 5.54.